The number of amides is 1. The van der Waals surface area contributed by atoms with Crippen LogP contribution in [0.4, 0.5) is 0 Å². The Labute approximate surface area is 137 Å². The number of nitrogens with zero attached hydrogens (tertiary/aromatic N) is 2. The Bertz CT molecular complexity index is 544. The Kier molecular flexibility index (Phi) is 5.04. The summed E-state index contributed by atoms with van der Waals surface area (Å²) in [5.74, 6) is 0.824. The number of carbonyl (C=O) groups excluding carboxylic acids is 1. The lowest BCUT2D eigenvalue weighted by Crippen LogP contribution is -2.53. The summed E-state index contributed by atoms with van der Waals surface area (Å²) in [5.41, 5.74) is 0.898. The summed E-state index contributed by atoms with van der Waals surface area (Å²) in [4.78, 5) is 17.2. The summed E-state index contributed by atoms with van der Waals surface area (Å²) < 4.78 is 16.3. The number of hydrogen-bond acceptors (Lipinski definition) is 5. The second-order valence-corrected chi connectivity index (χ2v) is 6.48. The van der Waals surface area contributed by atoms with Gasteiger partial charge < -0.3 is 18.8 Å². The number of fused-ring (bicyclic) bond motifs is 1. The molecule has 1 aromatic heterocycles. The number of furan rings is 1. The number of rotatable bonds is 5. The van der Waals surface area contributed by atoms with E-state index in [9.17, 15) is 4.79 Å². The molecule has 3 atom stereocenters. The molecule has 6 heteroatoms. The SMILES string of the molecule is COCCN1C[C@H]2[C@H](OC)CCN(C(=O)c3occc3C)[C@H]2C1. The largest absolute Gasteiger partial charge is 0.459 e. The second kappa shape index (κ2) is 7.03. The van der Waals surface area contributed by atoms with E-state index in [1.54, 1.807) is 20.5 Å². The van der Waals surface area contributed by atoms with Crippen LogP contribution in [-0.4, -0.2) is 74.9 Å². The maximum absolute atomic E-state index is 12.9. The number of hydrogen-bond donors (Lipinski definition) is 0. The summed E-state index contributed by atoms with van der Waals surface area (Å²) in [7, 11) is 3.49. The lowest BCUT2D eigenvalue weighted by molar-refractivity contribution is -0.0166. The van der Waals surface area contributed by atoms with Crippen LogP contribution >= 0.6 is 0 Å². The highest BCUT2D eigenvalue weighted by atomic mass is 16.5. The highest BCUT2D eigenvalue weighted by Gasteiger charge is 2.46. The zero-order valence-electron chi connectivity index (χ0n) is 14.2. The molecule has 6 nitrogen and oxygen atoms in total. The molecule has 0 aromatic carbocycles. The van der Waals surface area contributed by atoms with Gasteiger partial charge in [-0.3, -0.25) is 9.69 Å². The summed E-state index contributed by atoms with van der Waals surface area (Å²) in [5, 5.41) is 0. The first-order valence-corrected chi connectivity index (χ1v) is 8.24. The minimum absolute atomic E-state index is 0.00523. The van der Waals surface area contributed by atoms with Crippen molar-refractivity contribution in [2.75, 3.05) is 47.0 Å². The lowest BCUT2D eigenvalue weighted by Gasteiger charge is -2.40. The van der Waals surface area contributed by atoms with Crippen molar-refractivity contribution < 1.29 is 18.7 Å². The van der Waals surface area contributed by atoms with Crippen molar-refractivity contribution in [1.82, 2.24) is 9.80 Å². The number of aryl methyl sites for hydroxylation is 1. The number of ether oxygens (including phenoxy) is 2. The van der Waals surface area contributed by atoms with E-state index in [1.165, 1.54) is 0 Å². The van der Waals surface area contributed by atoms with E-state index in [4.69, 9.17) is 13.9 Å². The fourth-order valence-corrected chi connectivity index (χ4v) is 3.91. The molecule has 23 heavy (non-hydrogen) atoms. The second-order valence-electron chi connectivity index (χ2n) is 6.48. The first kappa shape index (κ1) is 16.5. The molecule has 0 unspecified atom stereocenters. The van der Waals surface area contributed by atoms with E-state index < -0.39 is 0 Å². The predicted octanol–water partition coefficient (Wildman–Crippen LogP) is 1.40. The Balaban J connectivity index is 1.77. The number of piperidine rings is 1. The van der Waals surface area contributed by atoms with Gasteiger partial charge in [0.15, 0.2) is 5.76 Å². The molecule has 2 aliphatic rings. The fourth-order valence-electron chi connectivity index (χ4n) is 3.91. The zero-order chi connectivity index (χ0) is 16.4. The van der Waals surface area contributed by atoms with E-state index in [2.05, 4.69) is 4.90 Å². The number of likely N-dealkylation sites (tertiary alicyclic amines) is 2. The third-order valence-electron chi connectivity index (χ3n) is 5.17. The van der Waals surface area contributed by atoms with E-state index in [-0.39, 0.29) is 18.1 Å². The van der Waals surface area contributed by atoms with Crippen molar-refractivity contribution in [3.8, 4) is 0 Å². The van der Waals surface area contributed by atoms with E-state index in [0.717, 1.165) is 38.2 Å². The van der Waals surface area contributed by atoms with Gasteiger partial charge in [0.2, 0.25) is 0 Å². The van der Waals surface area contributed by atoms with Gasteiger partial charge in [0.25, 0.3) is 5.91 Å². The third-order valence-corrected chi connectivity index (χ3v) is 5.17. The Hall–Kier alpha value is -1.37. The molecule has 0 radical (unpaired) electrons. The van der Waals surface area contributed by atoms with Gasteiger partial charge in [-0.25, -0.2) is 0 Å². The third kappa shape index (κ3) is 3.16. The molecule has 0 spiro atoms. The topological polar surface area (TPSA) is 55.2 Å². The molecule has 1 amide bonds. The van der Waals surface area contributed by atoms with Crippen molar-refractivity contribution in [3.05, 3.63) is 23.7 Å². The molecule has 2 aliphatic heterocycles. The lowest BCUT2D eigenvalue weighted by atomic mass is 9.88. The van der Waals surface area contributed by atoms with Crippen LogP contribution in [0.5, 0.6) is 0 Å². The molecule has 0 saturated carbocycles. The molecule has 2 saturated heterocycles. The molecule has 0 bridgehead atoms. The quantitative estimate of drug-likeness (QED) is 0.820. The van der Waals surface area contributed by atoms with Crippen LogP contribution < -0.4 is 0 Å². The van der Waals surface area contributed by atoms with Gasteiger partial charge in [0, 0.05) is 51.9 Å². The van der Waals surface area contributed by atoms with Crippen LogP contribution in [0.1, 0.15) is 22.5 Å². The highest BCUT2D eigenvalue weighted by molar-refractivity contribution is 5.93. The van der Waals surface area contributed by atoms with Crippen LogP contribution in [0.15, 0.2) is 16.7 Å². The first-order valence-electron chi connectivity index (χ1n) is 8.24. The van der Waals surface area contributed by atoms with E-state index in [0.29, 0.717) is 18.3 Å². The number of carbonyl (C=O) groups is 1. The van der Waals surface area contributed by atoms with E-state index >= 15 is 0 Å². The van der Waals surface area contributed by atoms with Crippen molar-refractivity contribution in [2.24, 2.45) is 5.92 Å². The summed E-state index contributed by atoms with van der Waals surface area (Å²) in [6.45, 7) is 6.06. The number of methoxy groups -OCH3 is 2. The maximum Gasteiger partial charge on any atom is 0.290 e. The van der Waals surface area contributed by atoms with Crippen molar-refractivity contribution in [1.29, 1.82) is 0 Å². The van der Waals surface area contributed by atoms with Crippen LogP contribution in [-0.2, 0) is 9.47 Å². The minimum atomic E-state index is 0.00523. The summed E-state index contributed by atoms with van der Waals surface area (Å²) in [6.07, 6.45) is 2.68. The molecule has 2 fully saturated rings. The first-order chi connectivity index (χ1) is 11.2. The Morgan fingerprint density at radius 1 is 1.39 bits per heavy atom. The molecular formula is C17H26N2O4. The fraction of sp³-hybridized carbons (Fsp3) is 0.706. The van der Waals surface area contributed by atoms with Gasteiger partial charge in [-0.15, -0.1) is 0 Å². The molecule has 0 aliphatic carbocycles. The molecule has 128 valence electrons. The molecule has 3 rings (SSSR count). The van der Waals surface area contributed by atoms with Gasteiger partial charge in [-0.05, 0) is 19.4 Å². The molecule has 1 aromatic rings. The Morgan fingerprint density at radius 2 is 2.22 bits per heavy atom. The van der Waals surface area contributed by atoms with Crippen molar-refractivity contribution >= 4 is 5.91 Å². The van der Waals surface area contributed by atoms with Crippen LogP contribution in [0.2, 0.25) is 0 Å². The van der Waals surface area contributed by atoms with Crippen molar-refractivity contribution in [3.63, 3.8) is 0 Å². The average Bonchev–Trinajstić information content (AvgIpc) is 3.17. The van der Waals surface area contributed by atoms with Crippen LogP contribution in [0.3, 0.4) is 0 Å². The van der Waals surface area contributed by atoms with Crippen LogP contribution in [0.25, 0.3) is 0 Å². The summed E-state index contributed by atoms with van der Waals surface area (Å²) in [6, 6.07) is 2.02. The van der Waals surface area contributed by atoms with Crippen molar-refractivity contribution in [2.45, 2.75) is 25.5 Å². The van der Waals surface area contributed by atoms with Gasteiger partial charge in [-0.1, -0.05) is 0 Å². The normalized spacial score (nSPS) is 28.1. The van der Waals surface area contributed by atoms with Crippen LogP contribution in [0, 0.1) is 12.8 Å². The minimum Gasteiger partial charge on any atom is -0.459 e. The molecule has 3 heterocycles. The average molecular weight is 322 g/mol. The van der Waals surface area contributed by atoms with Gasteiger partial charge in [-0.2, -0.15) is 0 Å². The smallest absolute Gasteiger partial charge is 0.290 e. The van der Waals surface area contributed by atoms with Gasteiger partial charge >= 0.3 is 0 Å². The zero-order valence-corrected chi connectivity index (χ0v) is 14.2. The standard InChI is InChI=1S/C17H26N2O4/c1-12-5-8-23-16(12)17(20)19-6-4-15(22-3)13-10-18(7-9-21-2)11-14(13)19/h5,8,13-15H,4,6-7,9-11H2,1-3H3/t13-,14+,15-/m1/s1. The van der Waals surface area contributed by atoms with E-state index in [1.807, 2.05) is 17.9 Å². The molecule has 0 N–H and O–H groups in total. The summed E-state index contributed by atoms with van der Waals surface area (Å²) >= 11 is 0. The molecular weight excluding hydrogens is 296 g/mol. The predicted molar refractivity (Wildman–Crippen MR) is 85.5 cm³/mol. The monoisotopic (exact) mass is 322 g/mol. The van der Waals surface area contributed by atoms with Gasteiger partial charge in [0.1, 0.15) is 0 Å². The highest BCUT2D eigenvalue weighted by Crippen LogP contribution is 2.33. The van der Waals surface area contributed by atoms with Gasteiger partial charge in [0.05, 0.1) is 25.0 Å². The maximum atomic E-state index is 12.9. The Morgan fingerprint density at radius 3 is 2.87 bits per heavy atom.